The second-order valence-electron chi connectivity index (χ2n) is 5.04. The zero-order valence-electron chi connectivity index (χ0n) is 12.1. The molecule has 2 aromatic rings. The first-order chi connectivity index (χ1) is 9.84. The lowest BCUT2D eigenvalue weighted by atomic mass is 10.1. The number of hydrogen-bond acceptors (Lipinski definition) is 2. The summed E-state index contributed by atoms with van der Waals surface area (Å²) in [7, 11) is 0. The Morgan fingerprint density at radius 3 is 2.30 bits per heavy atom. The van der Waals surface area contributed by atoms with Gasteiger partial charge in [-0.2, -0.15) is 0 Å². The Hall–Kier alpha value is -1.25. The van der Waals surface area contributed by atoms with E-state index in [2.05, 4.69) is 72.9 Å². The fourth-order valence-electron chi connectivity index (χ4n) is 2.12. The number of benzene rings is 2. The molecule has 1 unspecified atom stereocenters. The summed E-state index contributed by atoms with van der Waals surface area (Å²) in [6, 6.07) is 21.9. The van der Waals surface area contributed by atoms with Crippen LogP contribution >= 0.6 is 11.8 Å². The van der Waals surface area contributed by atoms with E-state index in [1.54, 1.807) is 0 Å². The van der Waals surface area contributed by atoms with Crippen LogP contribution in [-0.2, 0) is 6.42 Å². The van der Waals surface area contributed by atoms with E-state index >= 15 is 0 Å². The van der Waals surface area contributed by atoms with Crippen molar-refractivity contribution in [2.45, 2.75) is 30.7 Å². The molecule has 0 radical (unpaired) electrons. The highest BCUT2D eigenvalue weighted by atomic mass is 32.2. The van der Waals surface area contributed by atoms with Crippen LogP contribution in [0.15, 0.2) is 65.6 Å². The van der Waals surface area contributed by atoms with E-state index in [9.17, 15) is 0 Å². The molecule has 1 nitrogen and oxygen atoms in total. The zero-order valence-corrected chi connectivity index (χ0v) is 12.9. The average Bonchev–Trinajstić information content (AvgIpc) is 2.52. The monoisotopic (exact) mass is 285 g/mol. The molecule has 0 saturated carbocycles. The van der Waals surface area contributed by atoms with E-state index in [4.69, 9.17) is 0 Å². The van der Waals surface area contributed by atoms with Crippen LogP contribution in [0.2, 0.25) is 0 Å². The molecular formula is C18H23NS. The van der Waals surface area contributed by atoms with Gasteiger partial charge in [0.25, 0.3) is 0 Å². The first kappa shape index (κ1) is 15.1. The van der Waals surface area contributed by atoms with Crippen molar-refractivity contribution in [1.29, 1.82) is 0 Å². The Morgan fingerprint density at radius 2 is 1.60 bits per heavy atom. The van der Waals surface area contributed by atoms with Crippen LogP contribution in [0.5, 0.6) is 0 Å². The largest absolute Gasteiger partial charge is 0.313 e. The molecule has 0 amide bonds. The van der Waals surface area contributed by atoms with Gasteiger partial charge in [0.1, 0.15) is 0 Å². The molecule has 0 bridgehead atoms. The van der Waals surface area contributed by atoms with E-state index in [-0.39, 0.29) is 0 Å². The lowest BCUT2D eigenvalue weighted by Gasteiger charge is -2.13. The molecule has 0 saturated heterocycles. The minimum atomic E-state index is 0.576. The maximum absolute atomic E-state index is 3.60. The van der Waals surface area contributed by atoms with E-state index in [1.165, 1.54) is 16.9 Å². The van der Waals surface area contributed by atoms with E-state index in [1.807, 2.05) is 11.8 Å². The third-order valence-electron chi connectivity index (χ3n) is 3.32. The topological polar surface area (TPSA) is 12.0 Å². The van der Waals surface area contributed by atoms with Crippen molar-refractivity contribution in [3.8, 4) is 0 Å². The Labute approximate surface area is 126 Å². The fourth-order valence-corrected chi connectivity index (χ4v) is 2.93. The van der Waals surface area contributed by atoms with Crippen LogP contribution in [0.3, 0.4) is 0 Å². The molecule has 0 spiro atoms. The van der Waals surface area contributed by atoms with Crippen molar-refractivity contribution >= 4 is 11.8 Å². The number of rotatable bonds is 8. The van der Waals surface area contributed by atoms with Crippen LogP contribution in [0.25, 0.3) is 0 Å². The lowest BCUT2D eigenvalue weighted by molar-refractivity contribution is 0.533. The molecule has 106 valence electrons. The smallest absolute Gasteiger partial charge is 0.0106 e. The van der Waals surface area contributed by atoms with Gasteiger partial charge in [0.2, 0.25) is 0 Å². The van der Waals surface area contributed by atoms with Crippen molar-refractivity contribution in [2.24, 2.45) is 0 Å². The molecule has 1 atom stereocenters. The number of aryl methyl sites for hydroxylation is 1. The first-order valence-electron chi connectivity index (χ1n) is 7.30. The lowest BCUT2D eigenvalue weighted by Crippen LogP contribution is -2.28. The molecular weight excluding hydrogens is 262 g/mol. The predicted molar refractivity (Wildman–Crippen MR) is 89.4 cm³/mol. The summed E-state index contributed by atoms with van der Waals surface area (Å²) in [6.07, 6.45) is 2.35. The summed E-state index contributed by atoms with van der Waals surface area (Å²) in [5, 5.41) is 3.60. The van der Waals surface area contributed by atoms with Gasteiger partial charge in [-0.05, 0) is 37.5 Å². The minimum absolute atomic E-state index is 0.576. The van der Waals surface area contributed by atoms with Crippen LogP contribution in [0.1, 0.15) is 18.9 Å². The molecule has 2 heteroatoms. The highest BCUT2D eigenvalue weighted by Gasteiger charge is 2.01. The van der Waals surface area contributed by atoms with Crippen molar-refractivity contribution in [2.75, 3.05) is 12.3 Å². The van der Waals surface area contributed by atoms with Gasteiger partial charge < -0.3 is 5.32 Å². The van der Waals surface area contributed by atoms with Crippen molar-refractivity contribution in [3.05, 3.63) is 66.2 Å². The highest BCUT2D eigenvalue weighted by molar-refractivity contribution is 7.99. The van der Waals surface area contributed by atoms with Crippen LogP contribution < -0.4 is 5.32 Å². The summed E-state index contributed by atoms with van der Waals surface area (Å²) in [6.45, 7) is 3.34. The maximum atomic E-state index is 3.60. The summed E-state index contributed by atoms with van der Waals surface area (Å²) >= 11 is 1.91. The standard InChI is InChI=1S/C18H23NS/c1-16(12-13-17-8-4-2-5-9-17)19-14-15-20-18-10-6-3-7-11-18/h2-11,16,19H,12-15H2,1H3. The van der Waals surface area contributed by atoms with E-state index < -0.39 is 0 Å². The van der Waals surface area contributed by atoms with Crippen molar-refractivity contribution in [1.82, 2.24) is 5.32 Å². The van der Waals surface area contributed by atoms with Crippen LogP contribution in [-0.4, -0.2) is 18.3 Å². The third kappa shape index (κ3) is 5.81. The number of thioether (sulfide) groups is 1. The van der Waals surface area contributed by atoms with Gasteiger partial charge in [0.15, 0.2) is 0 Å². The quantitative estimate of drug-likeness (QED) is 0.570. The summed E-state index contributed by atoms with van der Waals surface area (Å²) in [5.41, 5.74) is 1.43. The van der Waals surface area contributed by atoms with E-state index in [0.29, 0.717) is 6.04 Å². The van der Waals surface area contributed by atoms with Gasteiger partial charge in [-0.3, -0.25) is 0 Å². The summed E-state index contributed by atoms with van der Waals surface area (Å²) in [5.74, 6) is 1.12. The molecule has 0 fully saturated rings. The molecule has 2 aromatic carbocycles. The normalized spacial score (nSPS) is 12.2. The second kappa shape index (κ2) is 8.83. The van der Waals surface area contributed by atoms with E-state index in [0.717, 1.165) is 18.7 Å². The summed E-state index contributed by atoms with van der Waals surface area (Å²) in [4.78, 5) is 1.35. The maximum Gasteiger partial charge on any atom is 0.0106 e. The molecule has 20 heavy (non-hydrogen) atoms. The number of hydrogen-bond donors (Lipinski definition) is 1. The number of nitrogens with one attached hydrogen (secondary N) is 1. The molecule has 0 aliphatic carbocycles. The van der Waals surface area contributed by atoms with Gasteiger partial charge in [-0.1, -0.05) is 48.5 Å². The Bertz CT molecular complexity index is 469. The predicted octanol–water partition coefficient (Wildman–Crippen LogP) is 4.39. The molecule has 0 aromatic heterocycles. The molecule has 1 N–H and O–H groups in total. The van der Waals surface area contributed by atoms with Crippen LogP contribution in [0.4, 0.5) is 0 Å². The van der Waals surface area contributed by atoms with Gasteiger partial charge >= 0.3 is 0 Å². The molecule has 0 heterocycles. The molecule has 0 aliphatic rings. The Balaban J connectivity index is 1.57. The Kier molecular flexibility index (Phi) is 6.69. The molecule has 0 aliphatic heterocycles. The zero-order chi connectivity index (χ0) is 14.0. The van der Waals surface area contributed by atoms with Gasteiger partial charge in [0.05, 0.1) is 0 Å². The van der Waals surface area contributed by atoms with Crippen molar-refractivity contribution in [3.63, 3.8) is 0 Å². The van der Waals surface area contributed by atoms with Gasteiger partial charge in [0, 0.05) is 23.2 Å². The molecule has 2 rings (SSSR count). The van der Waals surface area contributed by atoms with Gasteiger partial charge in [-0.25, -0.2) is 0 Å². The van der Waals surface area contributed by atoms with Crippen LogP contribution in [0, 0.1) is 0 Å². The highest BCUT2D eigenvalue weighted by Crippen LogP contribution is 2.15. The third-order valence-corrected chi connectivity index (χ3v) is 4.33. The van der Waals surface area contributed by atoms with Gasteiger partial charge in [-0.15, -0.1) is 11.8 Å². The fraction of sp³-hybridized carbons (Fsp3) is 0.333. The SMILES string of the molecule is CC(CCc1ccccc1)NCCSc1ccccc1. The first-order valence-corrected chi connectivity index (χ1v) is 8.28. The Morgan fingerprint density at radius 1 is 0.950 bits per heavy atom. The minimum Gasteiger partial charge on any atom is -0.313 e. The second-order valence-corrected chi connectivity index (χ2v) is 6.21. The average molecular weight is 285 g/mol. The van der Waals surface area contributed by atoms with Crippen molar-refractivity contribution < 1.29 is 0 Å². The summed E-state index contributed by atoms with van der Waals surface area (Å²) < 4.78 is 0.